The molecule has 0 aliphatic heterocycles. The molecule has 1 N–H and O–H groups in total. The van der Waals surface area contributed by atoms with Crippen LogP contribution in [0.1, 0.15) is 12.1 Å². The van der Waals surface area contributed by atoms with E-state index in [1.807, 2.05) is 22.6 Å². The van der Waals surface area contributed by atoms with Crippen LogP contribution in [0.3, 0.4) is 0 Å². The zero-order valence-corrected chi connectivity index (χ0v) is 9.57. The molecule has 0 aliphatic carbocycles. The van der Waals surface area contributed by atoms with E-state index >= 15 is 0 Å². The van der Waals surface area contributed by atoms with E-state index in [0.717, 1.165) is 5.56 Å². The van der Waals surface area contributed by atoms with Gasteiger partial charge in [0.05, 0.1) is 3.57 Å². The lowest BCUT2D eigenvalue weighted by atomic mass is 10.2. The largest absolute Gasteiger partial charge is 0.280 e. The second-order valence-corrected chi connectivity index (χ2v) is 3.92. The zero-order chi connectivity index (χ0) is 10.8. The smallest absolute Gasteiger partial charge is 0.275 e. The average Bonchev–Trinajstić information content (AvgIpc) is 2.61. The fourth-order valence-electron chi connectivity index (χ4n) is 1.18. The van der Waals surface area contributed by atoms with Gasteiger partial charge >= 0.3 is 0 Å². The van der Waals surface area contributed by atoms with Crippen molar-refractivity contribution in [3.8, 4) is 11.3 Å². The summed E-state index contributed by atoms with van der Waals surface area (Å²) < 4.78 is 25.4. The predicted octanol–water partition coefficient (Wildman–Crippen LogP) is 3.01. The summed E-state index contributed by atoms with van der Waals surface area (Å²) in [6, 6.07) is 3.52. The van der Waals surface area contributed by atoms with Crippen molar-refractivity contribution in [1.29, 1.82) is 0 Å². The van der Waals surface area contributed by atoms with Gasteiger partial charge in [0.15, 0.2) is 0 Å². The Morgan fingerprint density at radius 3 is 2.73 bits per heavy atom. The van der Waals surface area contributed by atoms with E-state index in [-0.39, 0.29) is 5.69 Å². The van der Waals surface area contributed by atoms with Crippen LogP contribution in [0.25, 0.3) is 11.3 Å². The number of rotatable bonds is 2. The molecule has 0 bridgehead atoms. The highest BCUT2D eigenvalue weighted by molar-refractivity contribution is 14.1. The van der Waals surface area contributed by atoms with Crippen molar-refractivity contribution in [2.24, 2.45) is 0 Å². The number of nitrogens with one attached hydrogen (secondary N) is 1. The van der Waals surface area contributed by atoms with Crippen LogP contribution in [-0.4, -0.2) is 15.2 Å². The Kier molecular flexibility index (Phi) is 2.94. The molecule has 0 aromatic carbocycles. The third-order valence-corrected chi connectivity index (χ3v) is 2.98. The Morgan fingerprint density at radius 1 is 1.40 bits per heavy atom. The monoisotopic (exact) mass is 321 g/mol. The van der Waals surface area contributed by atoms with Gasteiger partial charge in [-0.3, -0.25) is 10.1 Å². The second-order valence-electron chi connectivity index (χ2n) is 2.84. The number of aromatic nitrogens is 3. The molecule has 3 nitrogen and oxygen atoms in total. The van der Waals surface area contributed by atoms with Crippen LogP contribution in [0.15, 0.2) is 24.5 Å². The van der Waals surface area contributed by atoms with E-state index < -0.39 is 6.43 Å². The lowest BCUT2D eigenvalue weighted by Gasteiger charge is -1.97. The number of hydrogen-bond donors (Lipinski definition) is 1. The van der Waals surface area contributed by atoms with Crippen LogP contribution >= 0.6 is 22.6 Å². The van der Waals surface area contributed by atoms with Gasteiger partial charge in [-0.1, -0.05) is 0 Å². The molecule has 2 aromatic rings. The molecule has 0 unspecified atom stereocenters. The third-order valence-electron chi connectivity index (χ3n) is 1.89. The second kappa shape index (κ2) is 4.21. The Hall–Kier alpha value is -1.05. The first-order chi connectivity index (χ1) is 7.20. The lowest BCUT2D eigenvalue weighted by Crippen LogP contribution is -1.87. The molecule has 0 atom stereocenters. The van der Waals surface area contributed by atoms with Crippen LogP contribution < -0.4 is 0 Å². The van der Waals surface area contributed by atoms with E-state index in [2.05, 4.69) is 15.2 Å². The van der Waals surface area contributed by atoms with Crippen molar-refractivity contribution in [3.05, 3.63) is 33.8 Å². The first-order valence-electron chi connectivity index (χ1n) is 4.12. The summed E-state index contributed by atoms with van der Waals surface area (Å²) in [6.45, 7) is 0. The molecule has 0 radical (unpaired) electrons. The minimum atomic E-state index is -2.53. The number of alkyl halides is 2. The van der Waals surface area contributed by atoms with Gasteiger partial charge in [-0.15, -0.1) is 0 Å². The van der Waals surface area contributed by atoms with Gasteiger partial charge in [0.25, 0.3) is 6.43 Å². The van der Waals surface area contributed by atoms with Crippen LogP contribution in [0.5, 0.6) is 0 Å². The molecule has 0 amide bonds. The minimum absolute atomic E-state index is 0.144. The summed E-state index contributed by atoms with van der Waals surface area (Å²) in [5, 5.41) is 6.19. The molecule has 0 aliphatic rings. The Labute approximate surface area is 98.1 Å². The van der Waals surface area contributed by atoms with E-state index in [0.29, 0.717) is 9.26 Å². The molecule has 2 heterocycles. The SMILES string of the molecule is FC(F)c1[nH]nc(-c2cccnc2)c1I. The van der Waals surface area contributed by atoms with Crippen molar-refractivity contribution < 1.29 is 8.78 Å². The molecule has 0 saturated carbocycles. The van der Waals surface area contributed by atoms with Gasteiger partial charge in [0, 0.05) is 18.0 Å². The normalized spacial score (nSPS) is 10.9. The van der Waals surface area contributed by atoms with Crippen LogP contribution in [0, 0.1) is 3.57 Å². The molecule has 0 fully saturated rings. The highest BCUT2D eigenvalue weighted by Crippen LogP contribution is 2.29. The Morgan fingerprint density at radius 2 is 2.20 bits per heavy atom. The van der Waals surface area contributed by atoms with Crippen LogP contribution in [-0.2, 0) is 0 Å². The molecule has 6 heteroatoms. The maximum Gasteiger partial charge on any atom is 0.280 e. The first-order valence-corrected chi connectivity index (χ1v) is 5.20. The van der Waals surface area contributed by atoms with Gasteiger partial charge in [-0.2, -0.15) is 5.10 Å². The maximum atomic E-state index is 12.5. The summed E-state index contributed by atoms with van der Waals surface area (Å²) in [5.74, 6) is 0. The fraction of sp³-hybridized carbons (Fsp3) is 0.111. The molecule has 2 aromatic heterocycles. The fourth-order valence-corrected chi connectivity index (χ4v) is 1.97. The summed E-state index contributed by atoms with van der Waals surface area (Å²) in [4.78, 5) is 3.91. The standard InChI is InChI=1S/C9H6F2IN3/c10-9(11)8-6(12)7(14-15-8)5-2-1-3-13-4-5/h1-4,9H,(H,14,15). The number of pyridine rings is 1. The molecule has 0 saturated heterocycles. The Bertz CT molecular complexity index is 456. The number of aromatic amines is 1. The van der Waals surface area contributed by atoms with Crippen molar-refractivity contribution >= 4 is 22.6 Å². The maximum absolute atomic E-state index is 12.5. The predicted molar refractivity (Wildman–Crippen MR) is 59.5 cm³/mol. The van der Waals surface area contributed by atoms with E-state index in [9.17, 15) is 8.78 Å². The molecular formula is C9H6F2IN3. The van der Waals surface area contributed by atoms with Crippen molar-refractivity contribution in [2.75, 3.05) is 0 Å². The van der Waals surface area contributed by atoms with Crippen molar-refractivity contribution in [3.63, 3.8) is 0 Å². The topological polar surface area (TPSA) is 41.6 Å². The zero-order valence-electron chi connectivity index (χ0n) is 7.42. The van der Waals surface area contributed by atoms with Crippen LogP contribution in [0.2, 0.25) is 0 Å². The summed E-state index contributed by atoms with van der Waals surface area (Å²) >= 11 is 1.85. The van der Waals surface area contributed by atoms with Gasteiger partial charge < -0.3 is 0 Å². The summed E-state index contributed by atoms with van der Waals surface area (Å²) in [5.41, 5.74) is 1.10. The molecule has 78 valence electrons. The third kappa shape index (κ3) is 1.99. The first kappa shape index (κ1) is 10.5. The van der Waals surface area contributed by atoms with Crippen molar-refractivity contribution in [1.82, 2.24) is 15.2 Å². The van der Waals surface area contributed by atoms with Crippen LogP contribution in [0.4, 0.5) is 8.78 Å². The van der Waals surface area contributed by atoms with Gasteiger partial charge in [0.1, 0.15) is 11.4 Å². The highest BCUT2D eigenvalue weighted by atomic mass is 127. The Balaban J connectivity index is 2.47. The van der Waals surface area contributed by atoms with Gasteiger partial charge in [0.2, 0.25) is 0 Å². The molecule has 2 rings (SSSR count). The molecular weight excluding hydrogens is 315 g/mol. The van der Waals surface area contributed by atoms with Gasteiger partial charge in [-0.05, 0) is 34.7 Å². The molecule has 0 spiro atoms. The number of hydrogen-bond acceptors (Lipinski definition) is 2. The number of halogens is 3. The number of nitrogens with zero attached hydrogens (tertiary/aromatic N) is 2. The number of H-pyrrole nitrogens is 1. The van der Waals surface area contributed by atoms with E-state index in [1.54, 1.807) is 24.5 Å². The minimum Gasteiger partial charge on any atom is -0.275 e. The van der Waals surface area contributed by atoms with E-state index in [1.165, 1.54) is 0 Å². The summed E-state index contributed by atoms with van der Waals surface area (Å²) in [7, 11) is 0. The van der Waals surface area contributed by atoms with Crippen molar-refractivity contribution in [2.45, 2.75) is 6.43 Å². The average molecular weight is 321 g/mol. The van der Waals surface area contributed by atoms with E-state index in [4.69, 9.17) is 0 Å². The summed E-state index contributed by atoms with van der Waals surface area (Å²) in [6.07, 6.45) is 0.680. The molecule has 15 heavy (non-hydrogen) atoms. The highest BCUT2D eigenvalue weighted by Gasteiger charge is 2.18. The lowest BCUT2D eigenvalue weighted by molar-refractivity contribution is 0.145. The quantitative estimate of drug-likeness (QED) is 0.864. The van der Waals surface area contributed by atoms with Gasteiger partial charge in [-0.25, -0.2) is 8.78 Å².